The molecule has 1 aromatic heterocycles. The molecule has 1 fully saturated rings. The Balaban J connectivity index is 1.36. The highest BCUT2D eigenvalue weighted by Gasteiger charge is 2.29. The highest BCUT2D eigenvalue weighted by molar-refractivity contribution is 6.42. The number of rotatable bonds is 7. The number of likely N-dealkylation sites (tertiary alicyclic amines) is 1. The molecule has 0 bridgehead atoms. The van der Waals surface area contributed by atoms with Crippen LogP contribution in [0.4, 0.5) is 5.82 Å². The summed E-state index contributed by atoms with van der Waals surface area (Å²) in [4.78, 5) is 16.8. The number of anilines is 1. The number of hydrogen-bond donors (Lipinski definition) is 0. The third-order valence-electron chi connectivity index (χ3n) is 5.92. The molecule has 0 N–H and O–H groups in total. The summed E-state index contributed by atoms with van der Waals surface area (Å²) in [5.41, 5.74) is 2.33. The first-order valence-electron chi connectivity index (χ1n) is 10.9. The van der Waals surface area contributed by atoms with Gasteiger partial charge in [-0.25, -0.2) is 4.68 Å². The van der Waals surface area contributed by atoms with Gasteiger partial charge in [-0.15, -0.1) is 5.10 Å². The lowest BCUT2D eigenvalue weighted by Crippen LogP contribution is -2.47. The second-order valence-corrected chi connectivity index (χ2v) is 9.03. The molecule has 0 radical (unpaired) electrons. The van der Waals surface area contributed by atoms with E-state index < -0.39 is 0 Å². The fourth-order valence-corrected chi connectivity index (χ4v) is 4.56. The van der Waals surface area contributed by atoms with Gasteiger partial charge in [-0.3, -0.25) is 9.69 Å². The van der Waals surface area contributed by atoms with Crippen LogP contribution in [-0.4, -0.2) is 51.5 Å². The first-order chi connectivity index (χ1) is 15.5. The van der Waals surface area contributed by atoms with Gasteiger partial charge in [0.25, 0.3) is 0 Å². The van der Waals surface area contributed by atoms with Gasteiger partial charge in [0.05, 0.1) is 22.8 Å². The van der Waals surface area contributed by atoms with E-state index in [4.69, 9.17) is 23.2 Å². The normalized spacial score (nSPS) is 15.1. The summed E-state index contributed by atoms with van der Waals surface area (Å²) in [5, 5.41) is 9.54. The topological polar surface area (TPSA) is 54.3 Å². The Bertz CT molecular complexity index is 1050. The predicted molar refractivity (Wildman–Crippen MR) is 128 cm³/mol. The SMILES string of the molecule is CC(=O)N(c1cn(Cc2ccc(Cl)c(Cl)c2)nn1)C1CCN(CCc2ccccc2)CC1. The van der Waals surface area contributed by atoms with Crippen LogP contribution in [0.15, 0.2) is 54.7 Å². The van der Waals surface area contributed by atoms with Gasteiger partial charge in [-0.1, -0.05) is 64.8 Å². The number of carbonyl (C=O) groups excluding carboxylic acids is 1. The second kappa shape index (κ2) is 10.5. The molecule has 0 atom stereocenters. The van der Waals surface area contributed by atoms with Crippen LogP contribution >= 0.6 is 23.2 Å². The summed E-state index contributed by atoms with van der Waals surface area (Å²) in [6.45, 7) is 5.08. The Morgan fingerprint density at radius 1 is 1.06 bits per heavy atom. The summed E-state index contributed by atoms with van der Waals surface area (Å²) in [5.74, 6) is 0.592. The van der Waals surface area contributed by atoms with Crippen molar-refractivity contribution >= 4 is 34.9 Å². The van der Waals surface area contributed by atoms with E-state index in [2.05, 4.69) is 39.5 Å². The average molecular weight is 472 g/mol. The molecular formula is C24H27Cl2N5O. The van der Waals surface area contributed by atoms with Crippen LogP contribution in [0.5, 0.6) is 0 Å². The Kier molecular flexibility index (Phi) is 7.45. The number of benzene rings is 2. The van der Waals surface area contributed by atoms with Crippen molar-refractivity contribution < 1.29 is 4.79 Å². The van der Waals surface area contributed by atoms with Crippen molar-refractivity contribution in [2.75, 3.05) is 24.5 Å². The highest BCUT2D eigenvalue weighted by atomic mass is 35.5. The fraction of sp³-hybridized carbons (Fsp3) is 0.375. The largest absolute Gasteiger partial charge is 0.303 e. The minimum Gasteiger partial charge on any atom is -0.303 e. The number of carbonyl (C=O) groups is 1. The van der Waals surface area contributed by atoms with Crippen LogP contribution in [0.3, 0.4) is 0 Å². The molecule has 1 aliphatic heterocycles. The van der Waals surface area contributed by atoms with Crippen molar-refractivity contribution in [1.29, 1.82) is 0 Å². The first kappa shape index (κ1) is 22.8. The van der Waals surface area contributed by atoms with E-state index in [9.17, 15) is 4.79 Å². The van der Waals surface area contributed by atoms with Gasteiger partial charge < -0.3 is 4.90 Å². The molecule has 1 saturated heterocycles. The van der Waals surface area contributed by atoms with Gasteiger partial charge in [0.15, 0.2) is 5.82 Å². The Labute approximate surface area is 198 Å². The van der Waals surface area contributed by atoms with Crippen molar-refractivity contribution in [3.05, 3.63) is 75.9 Å². The standard InChI is InChI=1S/C24H27Cl2N5O/c1-18(32)31(21-10-13-29(14-11-21)12-9-19-5-3-2-4-6-19)24-17-30(28-27-24)16-20-7-8-22(25)23(26)15-20/h2-8,15,17,21H,9-14,16H2,1H3. The van der Waals surface area contributed by atoms with Crippen molar-refractivity contribution in [3.63, 3.8) is 0 Å². The molecule has 4 rings (SSSR count). The maximum absolute atomic E-state index is 12.5. The molecule has 0 saturated carbocycles. The van der Waals surface area contributed by atoms with Gasteiger partial charge in [0, 0.05) is 32.6 Å². The first-order valence-corrected chi connectivity index (χ1v) is 11.7. The molecule has 6 nitrogen and oxygen atoms in total. The van der Waals surface area contributed by atoms with Gasteiger partial charge in [-0.05, 0) is 42.5 Å². The van der Waals surface area contributed by atoms with Crippen LogP contribution in [0.2, 0.25) is 10.0 Å². The third-order valence-corrected chi connectivity index (χ3v) is 6.66. The van der Waals surface area contributed by atoms with Crippen molar-refractivity contribution in [2.45, 2.75) is 38.8 Å². The fourth-order valence-electron chi connectivity index (χ4n) is 4.24. The molecule has 1 amide bonds. The summed E-state index contributed by atoms with van der Waals surface area (Å²) >= 11 is 12.1. The number of amides is 1. The zero-order valence-electron chi connectivity index (χ0n) is 18.1. The Hall–Kier alpha value is -2.41. The zero-order chi connectivity index (χ0) is 22.5. The zero-order valence-corrected chi connectivity index (χ0v) is 19.6. The van der Waals surface area contributed by atoms with Gasteiger partial charge in [0.2, 0.25) is 5.91 Å². The van der Waals surface area contributed by atoms with Gasteiger partial charge in [-0.2, -0.15) is 0 Å². The lowest BCUT2D eigenvalue weighted by molar-refractivity contribution is -0.117. The number of nitrogens with zero attached hydrogens (tertiary/aromatic N) is 5. The van der Waals surface area contributed by atoms with E-state index in [0.717, 1.165) is 44.5 Å². The second-order valence-electron chi connectivity index (χ2n) is 8.22. The maximum atomic E-state index is 12.5. The molecule has 1 aliphatic rings. The van der Waals surface area contributed by atoms with Crippen molar-refractivity contribution in [1.82, 2.24) is 19.9 Å². The summed E-state index contributed by atoms with van der Waals surface area (Å²) in [7, 11) is 0. The average Bonchev–Trinajstić information content (AvgIpc) is 3.24. The molecule has 0 unspecified atom stereocenters. The smallest absolute Gasteiger partial charge is 0.225 e. The van der Waals surface area contributed by atoms with Crippen LogP contribution in [0.1, 0.15) is 30.9 Å². The van der Waals surface area contributed by atoms with E-state index >= 15 is 0 Å². The Morgan fingerprint density at radius 2 is 1.81 bits per heavy atom. The molecule has 0 spiro atoms. The maximum Gasteiger partial charge on any atom is 0.225 e. The minimum absolute atomic E-state index is 0.00526. The van der Waals surface area contributed by atoms with Crippen molar-refractivity contribution in [3.8, 4) is 0 Å². The van der Waals surface area contributed by atoms with E-state index in [-0.39, 0.29) is 11.9 Å². The molecule has 32 heavy (non-hydrogen) atoms. The lowest BCUT2D eigenvalue weighted by Gasteiger charge is -2.37. The summed E-state index contributed by atoms with van der Waals surface area (Å²) < 4.78 is 1.72. The number of piperidine rings is 1. The van der Waals surface area contributed by atoms with E-state index in [1.807, 2.05) is 24.4 Å². The number of hydrogen-bond acceptors (Lipinski definition) is 4. The Morgan fingerprint density at radius 3 is 2.50 bits per heavy atom. The third kappa shape index (κ3) is 5.68. The molecule has 8 heteroatoms. The number of halogens is 2. The highest BCUT2D eigenvalue weighted by Crippen LogP contribution is 2.25. The van der Waals surface area contributed by atoms with Gasteiger partial charge >= 0.3 is 0 Å². The minimum atomic E-state index is -0.00526. The van der Waals surface area contributed by atoms with Crippen molar-refractivity contribution in [2.24, 2.45) is 0 Å². The summed E-state index contributed by atoms with van der Waals surface area (Å²) in [6.07, 6.45) is 4.72. The van der Waals surface area contributed by atoms with Crippen LogP contribution in [0.25, 0.3) is 0 Å². The van der Waals surface area contributed by atoms with Crippen LogP contribution in [-0.2, 0) is 17.8 Å². The quantitative estimate of drug-likeness (QED) is 0.501. The van der Waals surface area contributed by atoms with Gasteiger partial charge in [0.1, 0.15) is 0 Å². The summed E-state index contributed by atoms with van der Waals surface area (Å²) in [6, 6.07) is 16.2. The lowest BCUT2D eigenvalue weighted by atomic mass is 10.0. The molecule has 0 aliphatic carbocycles. The number of aromatic nitrogens is 3. The molecule has 168 valence electrons. The van der Waals surface area contributed by atoms with E-state index in [1.165, 1.54) is 5.56 Å². The van der Waals surface area contributed by atoms with Crippen LogP contribution < -0.4 is 4.90 Å². The molecule has 2 heterocycles. The predicted octanol–water partition coefficient (Wildman–Crippen LogP) is 4.69. The monoisotopic (exact) mass is 471 g/mol. The molecular weight excluding hydrogens is 445 g/mol. The molecule has 2 aromatic carbocycles. The van der Waals surface area contributed by atoms with E-state index in [0.29, 0.717) is 22.4 Å². The molecule has 3 aromatic rings. The van der Waals surface area contributed by atoms with E-state index in [1.54, 1.807) is 22.6 Å². The van der Waals surface area contributed by atoms with Crippen LogP contribution in [0, 0.1) is 0 Å².